The van der Waals surface area contributed by atoms with E-state index in [-0.39, 0.29) is 24.5 Å². The lowest BCUT2D eigenvalue weighted by Crippen LogP contribution is -2.36. The van der Waals surface area contributed by atoms with Crippen LogP contribution in [0.15, 0.2) is 0 Å². The van der Waals surface area contributed by atoms with E-state index in [0.29, 0.717) is 11.7 Å². The van der Waals surface area contributed by atoms with Crippen LogP contribution in [0.5, 0.6) is 0 Å². The molecule has 0 saturated carbocycles. The number of hydrogen-bond donors (Lipinski definition) is 2. The zero-order valence-electron chi connectivity index (χ0n) is 12.1. The van der Waals surface area contributed by atoms with Gasteiger partial charge in [0.25, 0.3) is 5.09 Å². The molecule has 2 N–H and O–H groups in total. The van der Waals surface area contributed by atoms with Gasteiger partial charge in [0.15, 0.2) is 0 Å². The number of carbonyl (C=O) groups is 2. The zero-order chi connectivity index (χ0) is 16.1. The summed E-state index contributed by atoms with van der Waals surface area (Å²) in [4.78, 5) is 36.9. The van der Waals surface area contributed by atoms with Gasteiger partial charge < -0.3 is 15.4 Å². The summed E-state index contributed by atoms with van der Waals surface area (Å²) in [6.45, 7) is 1.30. The van der Waals surface area contributed by atoms with E-state index in [4.69, 9.17) is 4.74 Å². The Morgan fingerprint density at radius 3 is 3.00 bits per heavy atom. The maximum Gasteiger partial charge on any atom is 0.315 e. The second-order valence-electron chi connectivity index (χ2n) is 5.25. The highest BCUT2D eigenvalue weighted by atomic mass is 32.2. The minimum Gasteiger partial charge on any atom is -0.435 e. The van der Waals surface area contributed by atoms with Gasteiger partial charge in [0.1, 0.15) is 0 Å². The number of hydrogen-bond acceptors (Lipinski definition) is 7. The number of fused-ring (bicyclic) bond motifs is 1. The van der Waals surface area contributed by atoms with E-state index in [0.717, 1.165) is 18.6 Å². The fraction of sp³-hybridized carbons (Fsp3) is 0.833. The number of thioether (sulfide) groups is 1. The standard InChI is InChI=1S/C12H19N3O6S/c1-7(21-15(18)19)20-10(16)5-3-2-4-9-11-8(6-22-9)13-12(17)14-11/h7-9,11H,2-6H2,1H3,(H2,13,14,17)/t7?,8-,9-,11-/m0/s1. The quantitative estimate of drug-likeness (QED) is 0.168. The molecule has 10 heteroatoms. The Bertz CT molecular complexity index is 449. The fourth-order valence-corrected chi connectivity index (χ4v) is 4.19. The molecular weight excluding hydrogens is 314 g/mol. The first-order chi connectivity index (χ1) is 10.5. The van der Waals surface area contributed by atoms with Crippen molar-refractivity contribution < 1.29 is 24.3 Å². The Labute approximate surface area is 131 Å². The summed E-state index contributed by atoms with van der Waals surface area (Å²) >= 11 is 1.82. The fourth-order valence-electron chi connectivity index (χ4n) is 2.64. The number of rotatable bonds is 8. The normalized spacial score (nSPS) is 27.5. The van der Waals surface area contributed by atoms with Gasteiger partial charge in [0.05, 0.1) is 12.1 Å². The van der Waals surface area contributed by atoms with Gasteiger partial charge in [-0.25, -0.2) is 4.79 Å². The molecule has 0 aromatic rings. The van der Waals surface area contributed by atoms with Crippen molar-refractivity contribution in [2.24, 2.45) is 0 Å². The number of esters is 1. The van der Waals surface area contributed by atoms with E-state index in [1.165, 1.54) is 6.92 Å². The van der Waals surface area contributed by atoms with Crippen molar-refractivity contribution in [2.45, 2.75) is 56.2 Å². The van der Waals surface area contributed by atoms with Gasteiger partial charge in [0.2, 0.25) is 6.29 Å². The van der Waals surface area contributed by atoms with Crippen molar-refractivity contribution in [3.8, 4) is 0 Å². The molecule has 2 fully saturated rings. The van der Waals surface area contributed by atoms with Crippen LogP contribution >= 0.6 is 11.8 Å². The second kappa shape index (κ2) is 7.52. The van der Waals surface area contributed by atoms with Crippen LogP contribution in [0.1, 0.15) is 32.6 Å². The molecule has 0 aliphatic carbocycles. The third-order valence-corrected chi connectivity index (χ3v) is 5.10. The van der Waals surface area contributed by atoms with Crippen LogP contribution < -0.4 is 10.6 Å². The molecule has 124 valence electrons. The molecule has 0 bridgehead atoms. The first-order valence-corrected chi connectivity index (χ1v) is 8.20. The SMILES string of the molecule is CC(OC(=O)CCCC[C@@H]1SC[C@@H]2NC(=O)N[C@@H]21)O[N+](=O)[O-]. The molecule has 2 rings (SSSR count). The summed E-state index contributed by atoms with van der Waals surface area (Å²) in [7, 11) is 0. The molecule has 0 aromatic carbocycles. The van der Waals surface area contributed by atoms with Crippen molar-refractivity contribution in [1.82, 2.24) is 10.6 Å². The summed E-state index contributed by atoms with van der Waals surface area (Å²) < 4.78 is 4.74. The number of nitrogens with zero attached hydrogens (tertiary/aromatic N) is 1. The molecule has 0 aromatic heterocycles. The highest BCUT2D eigenvalue weighted by molar-refractivity contribution is 8.00. The first kappa shape index (κ1) is 16.7. The van der Waals surface area contributed by atoms with Gasteiger partial charge in [-0.1, -0.05) is 6.42 Å². The van der Waals surface area contributed by atoms with E-state index in [2.05, 4.69) is 15.5 Å². The number of carbonyl (C=O) groups excluding carboxylic acids is 2. The number of urea groups is 1. The van der Waals surface area contributed by atoms with Crippen LogP contribution in [-0.4, -0.2) is 46.5 Å². The Balaban J connectivity index is 1.58. The Morgan fingerprint density at radius 2 is 2.27 bits per heavy atom. The monoisotopic (exact) mass is 333 g/mol. The van der Waals surface area contributed by atoms with Crippen LogP contribution in [-0.2, 0) is 14.4 Å². The van der Waals surface area contributed by atoms with Crippen LogP contribution in [0.3, 0.4) is 0 Å². The van der Waals surface area contributed by atoms with E-state index in [9.17, 15) is 19.7 Å². The molecule has 0 spiro atoms. The van der Waals surface area contributed by atoms with Gasteiger partial charge in [-0.05, 0) is 19.8 Å². The van der Waals surface area contributed by atoms with Crippen molar-refractivity contribution in [3.63, 3.8) is 0 Å². The van der Waals surface area contributed by atoms with Crippen molar-refractivity contribution in [1.29, 1.82) is 0 Å². The van der Waals surface area contributed by atoms with Gasteiger partial charge >= 0.3 is 12.0 Å². The van der Waals surface area contributed by atoms with Gasteiger partial charge in [-0.2, -0.15) is 11.8 Å². The summed E-state index contributed by atoms with van der Waals surface area (Å²) in [5, 5.41) is 15.2. The van der Waals surface area contributed by atoms with Gasteiger partial charge in [-0.3, -0.25) is 9.63 Å². The topological polar surface area (TPSA) is 120 Å². The molecule has 2 aliphatic rings. The highest BCUT2D eigenvalue weighted by Crippen LogP contribution is 2.33. The largest absolute Gasteiger partial charge is 0.435 e. The molecule has 22 heavy (non-hydrogen) atoms. The van der Waals surface area contributed by atoms with Crippen LogP contribution in [0.4, 0.5) is 4.79 Å². The predicted octanol–water partition coefficient (Wildman–Crippen LogP) is 0.810. The number of nitrogens with one attached hydrogen (secondary N) is 2. The molecule has 1 unspecified atom stereocenters. The Hall–Kier alpha value is -1.71. The summed E-state index contributed by atoms with van der Waals surface area (Å²) in [5.74, 6) is 0.397. The third kappa shape index (κ3) is 4.65. The van der Waals surface area contributed by atoms with Crippen molar-refractivity contribution >= 4 is 23.8 Å². The van der Waals surface area contributed by atoms with E-state index >= 15 is 0 Å². The van der Waals surface area contributed by atoms with E-state index in [1.807, 2.05) is 11.8 Å². The van der Waals surface area contributed by atoms with Gasteiger partial charge in [-0.15, -0.1) is 10.1 Å². The first-order valence-electron chi connectivity index (χ1n) is 7.15. The average Bonchev–Trinajstić information content (AvgIpc) is 2.93. The highest BCUT2D eigenvalue weighted by Gasteiger charge is 2.42. The molecule has 2 amide bonds. The Kier molecular flexibility index (Phi) is 5.69. The Morgan fingerprint density at radius 1 is 1.50 bits per heavy atom. The summed E-state index contributed by atoms with van der Waals surface area (Å²) in [5.41, 5.74) is 0. The molecule has 0 radical (unpaired) electrons. The molecule has 2 saturated heterocycles. The number of ether oxygens (including phenoxy) is 1. The average molecular weight is 333 g/mol. The zero-order valence-corrected chi connectivity index (χ0v) is 13.0. The maximum atomic E-state index is 11.5. The van der Waals surface area contributed by atoms with Crippen LogP contribution in [0.2, 0.25) is 0 Å². The van der Waals surface area contributed by atoms with Gasteiger partial charge in [0, 0.05) is 17.4 Å². The summed E-state index contributed by atoms with van der Waals surface area (Å²) in [6.07, 6.45) is 1.38. The second-order valence-corrected chi connectivity index (χ2v) is 6.53. The number of amides is 2. The van der Waals surface area contributed by atoms with Crippen molar-refractivity contribution in [2.75, 3.05) is 5.75 Å². The molecule has 2 aliphatic heterocycles. The maximum absolute atomic E-state index is 11.5. The van der Waals surface area contributed by atoms with Crippen LogP contribution in [0, 0.1) is 10.1 Å². The molecule has 2 heterocycles. The lowest BCUT2D eigenvalue weighted by atomic mass is 10.0. The lowest BCUT2D eigenvalue weighted by molar-refractivity contribution is -0.777. The van der Waals surface area contributed by atoms with Crippen LogP contribution in [0.25, 0.3) is 0 Å². The van der Waals surface area contributed by atoms with Crippen molar-refractivity contribution in [3.05, 3.63) is 10.1 Å². The molecule has 4 atom stereocenters. The predicted molar refractivity (Wildman–Crippen MR) is 77.6 cm³/mol. The molecular formula is C12H19N3O6S. The lowest BCUT2D eigenvalue weighted by Gasteiger charge is -2.16. The smallest absolute Gasteiger partial charge is 0.315 e. The van der Waals surface area contributed by atoms with E-state index < -0.39 is 17.3 Å². The number of unbranched alkanes of at least 4 members (excludes halogenated alkanes) is 1. The minimum atomic E-state index is -1.19. The third-order valence-electron chi connectivity index (χ3n) is 3.59. The van der Waals surface area contributed by atoms with E-state index in [1.54, 1.807) is 0 Å². The molecule has 9 nitrogen and oxygen atoms in total. The minimum absolute atomic E-state index is 0.108. The summed E-state index contributed by atoms with van der Waals surface area (Å²) in [6, 6.07) is 0.259.